The van der Waals surface area contributed by atoms with E-state index in [1.54, 1.807) is 39.8 Å². The molecule has 3 rings (SSSR count). The minimum atomic E-state index is -1.12. The molecule has 1 atom stereocenters. The quantitative estimate of drug-likeness (QED) is 0.632. The molecule has 33 heavy (non-hydrogen) atoms. The number of rotatable bonds is 6. The number of benzene rings is 1. The summed E-state index contributed by atoms with van der Waals surface area (Å²) in [5.74, 6) is -1.33. The molecule has 9 heteroatoms. The Morgan fingerprint density at radius 1 is 1.12 bits per heavy atom. The van der Waals surface area contributed by atoms with Crippen LogP contribution in [0.3, 0.4) is 0 Å². The first-order chi connectivity index (χ1) is 15.6. The predicted octanol–water partition coefficient (Wildman–Crippen LogP) is 2.46. The van der Waals surface area contributed by atoms with Crippen molar-refractivity contribution in [2.45, 2.75) is 77.0 Å². The van der Waals surface area contributed by atoms with Crippen LogP contribution in [-0.4, -0.2) is 54.2 Å². The molecule has 2 aliphatic rings. The van der Waals surface area contributed by atoms with Gasteiger partial charge in [-0.2, -0.15) is 0 Å². The maximum atomic E-state index is 13.2. The normalized spacial score (nSPS) is 18.9. The van der Waals surface area contributed by atoms with Crippen molar-refractivity contribution in [3.05, 3.63) is 29.8 Å². The van der Waals surface area contributed by atoms with Crippen LogP contribution in [0.25, 0.3) is 0 Å². The van der Waals surface area contributed by atoms with Gasteiger partial charge in [0.15, 0.2) is 0 Å². The third-order valence-electron chi connectivity index (χ3n) is 5.84. The Morgan fingerprint density at radius 3 is 2.42 bits per heavy atom. The second-order valence-corrected chi connectivity index (χ2v) is 9.46. The van der Waals surface area contributed by atoms with E-state index >= 15 is 0 Å². The van der Waals surface area contributed by atoms with Crippen molar-refractivity contribution in [1.29, 1.82) is 0 Å². The van der Waals surface area contributed by atoms with Crippen LogP contribution >= 0.6 is 0 Å². The van der Waals surface area contributed by atoms with E-state index in [1.807, 2.05) is 12.1 Å². The second kappa shape index (κ2) is 9.80. The molecule has 1 aliphatic carbocycles. The third-order valence-corrected chi connectivity index (χ3v) is 5.84. The van der Waals surface area contributed by atoms with Crippen molar-refractivity contribution >= 4 is 29.6 Å². The molecule has 1 saturated carbocycles. The lowest BCUT2D eigenvalue weighted by Crippen LogP contribution is -2.59. The lowest BCUT2D eigenvalue weighted by Gasteiger charge is -2.31. The van der Waals surface area contributed by atoms with E-state index in [2.05, 4.69) is 10.6 Å². The smallest absolute Gasteiger partial charge is 0.408 e. The number of carbonyl (C=O) groups is 4. The number of esters is 1. The summed E-state index contributed by atoms with van der Waals surface area (Å²) < 4.78 is 10.5. The van der Waals surface area contributed by atoms with E-state index in [1.165, 1.54) is 4.90 Å². The Balaban J connectivity index is 1.70. The zero-order chi connectivity index (χ0) is 24.2. The van der Waals surface area contributed by atoms with Crippen LogP contribution in [-0.2, 0) is 30.3 Å². The minimum Gasteiger partial charge on any atom is -0.464 e. The molecule has 3 amide bonds. The van der Waals surface area contributed by atoms with Gasteiger partial charge in [-0.15, -0.1) is 0 Å². The molecule has 1 fully saturated rings. The van der Waals surface area contributed by atoms with Gasteiger partial charge in [0.05, 0.1) is 13.2 Å². The fourth-order valence-corrected chi connectivity index (χ4v) is 4.42. The number of hydrogen-bond donors (Lipinski definition) is 2. The van der Waals surface area contributed by atoms with E-state index in [9.17, 15) is 19.2 Å². The van der Waals surface area contributed by atoms with E-state index < -0.39 is 41.1 Å². The number of nitrogens with one attached hydrogen (secondary N) is 2. The molecule has 1 aromatic carbocycles. The molecule has 0 radical (unpaired) electrons. The van der Waals surface area contributed by atoms with Gasteiger partial charge in [-0.25, -0.2) is 9.59 Å². The largest absolute Gasteiger partial charge is 0.464 e. The number of para-hydroxylation sites is 1. The van der Waals surface area contributed by atoms with Crippen LogP contribution in [0.2, 0.25) is 0 Å². The van der Waals surface area contributed by atoms with Crippen molar-refractivity contribution in [2.75, 3.05) is 18.1 Å². The number of nitrogens with zero attached hydrogens (tertiary/aromatic N) is 1. The van der Waals surface area contributed by atoms with Crippen LogP contribution in [0.15, 0.2) is 24.3 Å². The standard InChI is InChI=1S/C24H33N3O6/c1-5-32-20(29)18-14-16-10-6-7-11-17(16)27(18)19(28)15-25-21(30)24(12-8-9-13-24)26-22(31)33-23(2,3)4/h6-7,10-11,18H,5,8-9,12-15H2,1-4H3,(H,25,30)(H,26,31)/t18-/m0/s1. The highest BCUT2D eigenvalue weighted by Crippen LogP contribution is 2.33. The van der Waals surface area contributed by atoms with Gasteiger partial charge in [0.2, 0.25) is 11.8 Å². The number of alkyl carbamates (subject to hydrolysis) is 1. The number of ether oxygens (including phenoxy) is 2. The average Bonchev–Trinajstić information content (AvgIpc) is 3.36. The second-order valence-electron chi connectivity index (χ2n) is 9.46. The fourth-order valence-electron chi connectivity index (χ4n) is 4.42. The molecule has 1 aliphatic heterocycles. The lowest BCUT2D eigenvalue weighted by atomic mass is 9.96. The first-order valence-electron chi connectivity index (χ1n) is 11.4. The van der Waals surface area contributed by atoms with Gasteiger partial charge in [-0.3, -0.25) is 14.5 Å². The molecular weight excluding hydrogens is 426 g/mol. The summed E-state index contributed by atoms with van der Waals surface area (Å²) in [5, 5.41) is 5.41. The first-order valence-corrected chi connectivity index (χ1v) is 11.4. The Labute approximate surface area is 194 Å². The molecule has 9 nitrogen and oxygen atoms in total. The van der Waals surface area contributed by atoms with Gasteiger partial charge >= 0.3 is 12.1 Å². The first kappa shape index (κ1) is 24.5. The van der Waals surface area contributed by atoms with Crippen LogP contribution in [0.5, 0.6) is 0 Å². The van der Waals surface area contributed by atoms with Crippen LogP contribution < -0.4 is 15.5 Å². The third kappa shape index (κ3) is 5.64. The van der Waals surface area contributed by atoms with E-state index in [0.717, 1.165) is 18.4 Å². The Kier molecular flexibility index (Phi) is 7.29. The molecule has 0 bridgehead atoms. The summed E-state index contributed by atoms with van der Waals surface area (Å²) in [5.41, 5.74) is -0.306. The zero-order valence-corrected chi connectivity index (χ0v) is 19.7. The summed E-state index contributed by atoms with van der Waals surface area (Å²) in [4.78, 5) is 52.5. The van der Waals surface area contributed by atoms with Gasteiger partial charge in [0.25, 0.3) is 0 Å². The summed E-state index contributed by atoms with van der Waals surface area (Å²) in [6.07, 6.45) is 2.18. The molecule has 1 heterocycles. The molecule has 0 saturated heterocycles. The van der Waals surface area contributed by atoms with Gasteiger partial charge < -0.3 is 20.1 Å². The number of anilines is 1. The molecule has 0 aromatic heterocycles. The molecule has 2 N–H and O–H groups in total. The highest BCUT2D eigenvalue weighted by Gasteiger charge is 2.44. The molecule has 0 spiro atoms. The summed E-state index contributed by atoms with van der Waals surface area (Å²) in [6.45, 7) is 6.87. The van der Waals surface area contributed by atoms with Gasteiger partial charge in [-0.05, 0) is 52.2 Å². The number of fused-ring (bicyclic) bond motifs is 1. The number of amides is 3. The monoisotopic (exact) mass is 459 g/mol. The molecule has 180 valence electrons. The summed E-state index contributed by atoms with van der Waals surface area (Å²) >= 11 is 0. The van der Waals surface area contributed by atoms with Crippen LogP contribution in [0.4, 0.5) is 10.5 Å². The Morgan fingerprint density at radius 2 is 1.79 bits per heavy atom. The SMILES string of the molecule is CCOC(=O)[C@@H]1Cc2ccccc2N1C(=O)CNC(=O)C1(NC(=O)OC(C)(C)C)CCCC1. The summed E-state index contributed by atoms with van der Waals surface area (Å²) in [6, 6.07) is 6.52. The van der Waals surface area contributed by atoms with Crippen molar-refractivity contribution in [1.82, 2.24) is 10.6 Å². The van der Waals surface area contributed by atoms with Crippen molar-refractivity contribution in [3.63, 3.8) is 0 Å². The van der Waals surface area contributed by atoms with Gasteiger partial charge in [-0.1, -0.05) is 31.0 Å². The topological polar surface area (TPSA) is 114 Å². The zero-order valence-electron chi connectivity index (χ0n) is 19.7. The number of carbonyl (C=O) groups excluding carboxylic acids is 4. The highest BCUT2D eigenvalue weighted by molar-refractivity contribution is 6.04. The van der Waals surface area contributed by atoms with E-state index in [-0.39, 0.29) is 13.2 Å². The van der Waals surface area contributed by atoms with Crippen LogP contribution in [0.1, 0.15) is 58.9 Å². The number of hydrogen-bond acceptors (Lipinski definition) is 6. The van der Waals surface area contributed by atoms with Crippen molar-refractivity contribution < 1.29 is 28.7 Å². The maximum Gasteiger partial charge on any atom is 0.408 e. The summed E-state index contributed by atoms with van der Waals surface area (Å²) in [7, 11) is 0. The average molecular weight is 460 g/mol. The molecule has 1 aromatic rings. The maximum absolute atomic E-state index is 13.2. The Hall–Kier alpha value is -3.10. The molecular formula is C24H33N3O6. The highest BCUT2D eigenvalue weighted by atomic mass is 16.6. The van der Waals surface area contributed by atoms with Crippen LogP contribution in [0, 0.1) is 0 Å². The lowest BCUT2D eigenvalue weighted by molar-refractivity contribution is -0.145. The van der Waals surface area contributed by atoms with E-state index in [4.69, 9.17) is 9.47 Å². The van der Waals surface area contributed by atoms with Gasteiger partial charge in [0.1, 0.15) is 17.2 Å². The van der Waals surface area contributed by atoms with Crippen molar-refractivity contribution in [3.8, 4) is 0 Å². The van der Waals surface area contributed by atoms with E-state index in [0.29, 0.717) is 24.9 Å². The molecule has 0 unspecified atom stereocenters. The van der Waals surface area contributed by atoms with Gasteiger partial charge in [0, 0.05) is 12.1 Å². The Bertz CT molecular complexity index is 917. The fraction of sp³-hybridized carbons (Fsp3) is 0.583. The van der Waals surface area contributed by atoms with Crippen molar-refractivity contribution in [2.24, 2.45) is 0 Å². The minimum absolute atomic E-state index is 0.212. The predicted molar refractivity (Wildman–Crippen MR) is 122 cm³/mol.